The quantitative estimate of drug-likeness (QED) is 0.797. The highest BCUT2D eigenvalue weighted by molar-refractivity contribution is 5.77. The van der Waals surface area contributed by atoms with Crippen molar-refractivity contribution >= 4 is 12.0 Å². The van der Waals surface area contributed by atoms with Crippen molar-refractivity contribution in [1.29, 1.82) is 0 Å². The summed E-state index contributed by atoms with van der Waals surface area (Å²) < 4.78 is 0. The van der Waals surface area contributed by atoms with Crippen molar-refractivity contribution in [1.82, 2.24) is 5.32 Å². The van der Waals surface area contributed by atoms with Gasteiger partial charge in [-0.15, -0.1) is 0 Å². The standard InChI is InChI=1S/C13H17NO2/c1-13(2,12(15)16)14-10-6-9-11-7-4-3-5-8-11/h3-9,14H,10H2,1-2H3,(H,15,16). The molecule has 0 bridgehead atoms. The molecule has 0 fully saturated rings. The molecule has 1 aromatic rings. The number of carboxylic acid groups (broad SMARTS) is 1. The Morgan fingerprint density at radius 2 is 2.00 bits per heavy atom. The van der Waals surface area contributed by atoms with Gasteiger partial charge >= 0.3 is 5.97 Å². The van der Waals surface area contributed by atoms with Gasteiger partial charge in [-0.1, -0.05) is 42.5 Å². The Morgan fingerprint density at radius 3 is 2.56 bits per heavy atom. The maximum absolute atomic E-state index is 10.8. The first-order valence-corrected chi connectivity index (χ1v) is 5.22. The molecule has 86 valence electrons. The lowest BCUT2D eigenvalue weighted by Gasteiger charge is -2.19. The molecule has 0 heterocycles. The van der Waals surface area contributed by atoms with Gasteiger partial charge in [0.2, 0.25) is 0 Å². The summed E-state index contributed by atoms with van der Waals surface area (Å²) in [6.45, 7) is 3.82. The van der Waals surface area contributed by atoms with Crippen LogP contribution in [-0.2, 0) is 4.79 Å². The van der Waals surface area contributed by atoms with Crippen LogP contribution in [-0.4, -0.2) is 23.2 Å². The molecule has 0 aliphatic carbocycles. The predicted molar refractivity (Wildman–Crippen MR) is 65.2 cm³/mol. The first kappa shape index (κ1) is 12.5. The van der Waals surface area contributed by atoms with E-state index in [-0.39, 0.29) is 0 Å². The Kier molecular flexibility index (Phi) is 4.26. The molecular formula is C13H17NO2. The molecule has 0 saturated heterocycles. The zero-order valence-electron chi connectivity index (χ0n) is 9.60. The number of aliphatic carboxylic acids is 1. The van der Waals surface area contributed by atoms with Gasteiger partial charge in [-0.05, 0) is 19.4 Å². The number of benzene rings is 1. The molecule has 2 N–H and O–H groups in total. The second kappa shape index (κ2) is 5.47. The van der Waals surface area contributed by atoms with Gasteiger partial charge < -0.3 is 5.11 Å². The molecular weight excluding hydrogens is 202 g/mol. The van der Waals surface area contributed by atoms with E-state index in [4.69, 9.17) is 5.11 Å². The minimum atomic E-state index is -0.888. The van der Waals surface area contributed by atoms with E-state index in [0.29, 0.717) is 6.54 Å². The SMILES string of the molecule is CC(C)(NCC=Cc1ccccc1)C(=O)O. The Balaban J connectivity index is 2.42. The fraction of sp³-hybridized carbons (Fsp3) is 0.308. The Labute approximate surface area is 95.8 Å². The second-order valence-corrected chi connectivity index (χ2v) is 4.12. The van der Waals surface area contributed by atoms with Crippen molar-refractivity contribution in [3.8, 4) is 0 Å². The second-order valence-electron chi connectivity index (χ2n) is 4.12. The van der Waals surface area contributed by atoms with Crippen LogP contribution in [0.2, 0.25) is 0 Å². The van der Waals surface area contributed by atoms with Crippen LogP contribution in [0.4, 0.5) is 0 Å². The number of hydrogen-bond donors (Lipinski definition) is 2. The number of carbonyl (C=O) groups is 1. The van der Waals surface area contributed by atoms with Gasteiger partial charge in [0.15, 0.2) is 0 Å². The molecule has 0 aromatic heterocycles. The molecule has 0 saturated carbocycles. The van der Waals surface area contributed by atoms with Crippen LogP contribution in [0.5, 0.6) is 0 Å². The van der Waals surface area contributed by atoms with E-state index >= 15 is 0 Å². The Morgan fingerprint density at radius 1 is 1.38 bits per heavy atom. The number of hydrogen-bond acceptors (Lipinski definition) is 2. The van der Waals surface area contributed by atoms with Gasteiger partial charge in [-0.3, -0.25) is 10.1 Å². The number of nitrogens with one attached hydrogen (secondary N) is 1. The maximum Gasteiger partial charge on any atom is 0.323 e. The van der Waals surface area contributed by atoms with Crippen LogP contribution < -0.4 is 5.32 Å². The van der Waals surface area contributed by atoms with Crippen LogP contribution in [0, 0.1) is 0 Å². The molecule has 0 unspecified atom stereocenters. The van der Waals surface area contributed by atoms with Crippen LogP contribution in [0.1, 0.15) is 19.4 Å². The van der Waals surface area contributed by atoms with Crippen LogP contribution in [0.25, 0.3) is 6.08 Å². The summed E-state index contributed by atoms with van der Waals surface area (Å²) >= 11 is 0. The van der Waals surface area contributed by atoms with Crippen LogP contribution >= 0.6 is 0 Å². The van der Waals surface area contributed by atoms with Crippen molar-refractivity contribution in [2.75, 3.05) is 6.54 Å². The van der Waals surface area contributed by atoms with E-state index in [1.165, 1.54) is 0 Å². The highest BCUT2D eigenvalue weighted by Crippen LogP contribution is 2.03. The normalized spacial score (nSPS) is 11.9. The molecule has 3 heteroatoms. The molecule has 0 aliphatic rings. The smallest absolute Gasteiger partial charge is 0.323 e. The summed E-state index contributed by atoms with van der Waals surface area (Å²) in [6.07, 6.45) is 3.88. The predicted octanol–water partition coefficient (Wildman–Crippen LogP) is 2.15. The first-order chi connectivity index (χ1) is 7.52. The van der Waals surface area contributed by atoms with Gasteiger partial charge in [-0.25, -0.2) is 0 Å². The monoisotopic (exact) mass is 219 g/mol. The number of rotatable bonds is 5. The summed E-state index contributed by atoms with van der Waals surface area (Å²) in [5, 5.41) is 11.8. The van der Waals surface area contributed by atoms with E-state index in [9.17, 15) is 4.79 Å². The maximum atomic E-state index is 10.8. The van der Waals surface area contributed by atoms with Crippen molar-refractivity contribution in [3.05, 3.63) is 42.0 Å². The van der Waals surface area contributed by atoms with Crippen molar-refractivity contribution in [2.24, 2.45) is 0 Å². The first-order valence-electron chi connectivity index (χ1n) is 5.22. The summed E-state index contributed by atoms with van der Waals surface area (Å²) in [5.41, 5.74) is 0.221. The topological polar surface area (TPSA) is 49.3 Å². The van der Waals surface area contributed by atoms with Gasteiger partial charge in [0.05, 0.1) is 0 Å². The van der Waals surface area contributed by atoms with E-state index in [1.54, 1.807) is 13.8 Å². The van der Waals surface area contributed by atoms with Gasteiger partial charge in [0.1, 0.15) is 5.54 Å². The third kappa shape index (κ3) is 3.87. The van der Waals surface area contributed by atoms with Gasteiger partial charge in [0, 0.05) is 6.54 Å². The average Bonchev–Trinajstić information content (AvgIpc) is 2.26. The Bertz CT molecular complexity index is 369. The summed E-state index contributed by atoms with van der Waals surface area (Å²) in [5.74, 6) is -0.847. The van der Waals surface area contributed by atoms with E-state index in [1.807, 2.05) is 42.5 Å². The highest BCUT2D eigenvalue weighted by Gasteiger charge is 2.24. The molecule has 3 nitrogen and oxygen atoms in total. The van der Waals surface area contributed by atoms with Gasteiger partial charge in [0.25, 0.3) is 0 Å². The molecule has 1 aromatic carbocycles. The lowest BCUT2D eigenvalue weighted by molar-refractivity contribution is -0.143. The summed E-state index contributed by atoms with van der Waals surface area (Å²) in [4.78, 5) is 10.8. The van der Waals surface area contributed by atoms with Crippen molar-refractivity contribution < 1.29 is 9.90 Å². The molecule has 1 rings (SSSR count). The molecule has 16 heavy (non-hydrogen) atoms. The average molecular weight is 219 g/mol. The third-order valence-corrected chi connectivity index (χ3v) is 2.31. The van der Waals surface area contributed by atoms with Crippen molar-refractivity contribution in [2.45, 2.75) is 19.4 Å². The van der Waals surface area contributed by atoms with Gasteiger partial charge in [-0.2, -0.15) is 0 Å². The highest BCUT2D eigenvalue weighted by atomic mass is 16.4. The molecule has 0 amide bonds. The largest absolute Gasteiger partial charge is 0.480 e. The van der Waals surface area contributed by atoms with Crippen LogP contribution in [0.3, 0.4) is 0 Å². The minimum absolute atomic E-state index is 0.536. The van der Waals surface area contributed by atoms with E-state index in [0.717, 1.165) is 5.56 Å². The van der Waals surface area contributed by atoms with E-state index < -0.39 is 11.5 Å². The Hall–Kier alpha value is -1.61. The molecule has 0 spiro atoms. The molecule has 0 atom stereocenters. The zero-order valence-corrected chi connectivity index (χ0v) is 9.60. The fourth-order valence-corrected chi connectivity index (χ4v) is 1.15. The lowest BCUT2D eigenvalue weighted by atomic mass is 10.1. The minimum Gasteiger partial charge on any atom is -0.480 e. The lowest BCUT2D eigenvalue weighted by Crippen LogP contribution is -2.46. The summed E-state index contributed by atoms with van der Waals surface area (Å²) in [7, 11) is 0. The van der Waals surface area contributed by atoms with Crippen LogP contribution in [0.15, 0.2) is 36.4 Å². The zero-order chi connectivity index (χ0) is 12.0. The molecule has 0 radical (unpaired) electrons. The third-order valence-electron chi connectivity index (χ3n) is 2.31. The fourth-order valence-electron chi connectivity index (χ4n) is 1.15. The summed E-state index contributed by atoms with van der Waals surface area (Å²) in [6, 6.07) is 9.89. The molecule has 0 aliphatic heterocycles. The number of carboxylic acids is 1. The van der Waals surface area contributed by atoms with Crippen molar-refractivity contribution in [3.63, 3.8) is 0 Å². The van der Waals surface area contributed by atoms with E-state index in [2.05, 4.69) is 5.32 Å².